The van der Waals surface area contributed by atoms with E-state index in [1.54, 1.807) is 12.1 Å². The molecule has 0 aliphatic carbocycles. The van der Waals surface area contributed by atoms with E-state index in [0.717, 1.165) is 25.9 Å². The predicted octanol–water partition coefficient (Wildman–Crippen LogP) is 0.963. The van der Waals surface area contributed by atoms with Crippen molar-refractivity contribution in [3.8, 4) is 0 Å². The van der Waals surface area contributed by atoms with Gasteiger partial charge in [-0.2, -0.15) is 0 Å². The molecule has 0 saturated carbocycles. The first-order chi connectivity index (χ1) is 8.25. The van der Waals surface area contributed by atoms with Crippen LogP contribution in [0.15, 0.2) is 18.3 Å². The van der Waals surface area contributed by atoms with Crippen LogP contribution in [-0.4, -0.2) is 30.1 Å². The number of amides is 1. The second-order valence-corrected chi connectivity index (χ2v) is 4.15. The van der Waals surface area contributed by atoms with E-state index in [-0.39, 0.29) is 5.91 Å². The van der Waals surface area contributed by atoms with E-state index < -0.39 is 0 Å². The van der Waals surface area contributed by atoms with Gasteiger partial charge in [0.2, 0.25) is 0 Å². The molecular formula is C12H17N3O2. The molecule has 0 bridgehead atoms. The topological polar surface area (TPSA) is 77.2 Å². The molecule has 5 nitrogen and oxygen atoms in total. The molecular weight excluding hydrogens is 218 g/mol. The van der Waals surface area contributed by atoms with Crippen molar-refractivity contribution in [2.75, 3.05) is 18.9 Å². The molecule has 92 valence electrons. The van der Waals surface area contributed by atoms with Crippen molar-refractivity contribution in [3.05, 3.63) is 23.9 Å². The fourth-order valence-corrected chi connectivity index (χ4v) is 1.86. The first-order valence-corrected chi connectivity index (χ1v) is 5.87. The molecule has 5 heteroatoms. The Kier molecular flexibility index (Phi) is 3.93. The van der Waals surface area contributed by atoms with Crippen LogP contribution in [0.25, 0.3) is 0 Å². The zero-order chi connectivity index (χ0) is 12.1. The maximum absolute atomic E-state index is 11.7. The van der Waals surface area contributed by atoms with Crippen LogP contribution in [-0.2, 0) is 4.74 Å². The third-order valence-electron chi connectivity index (χ3n) is 2.82. The van der Waals surface area contributed by atoms with Crippen LogP contribution in [0.5, 0.6) is 0 Å². The molecule has 1 aromatic rings. The lowest BCUT2D eigenvalue weighted by Gasteiger charge is -2.09. The van der Waals surface area contributed by atoms with E-state index in [1.807, 2.05) is 0 Å². The molecule has 1 aliphatic rings. The van der Waals surface area contributed by atoms with E-state index >= 15 is 0 Å². The van der Waals surface area contributed by atoms with Gasteiger partial charge in [-0.05, 0) is 31.4 Å². The van der Waals surface area contributed by atoms with Crippen molar-refractivity contribution in [3.63, 3.8) is 0 Å². The molecule has 1 atom stereocenters. The number of nitrogens with one attached hydrogen (secondary N) is 1. The minimum Gasteiger partial charge on any atom is -0.384 e. The van der Waals surface area contributed by atoms with Crippen LogP contribution in [0.1, 0.15) is 29.6 Å². The molecule has 3 N–H and O–H groups in total. The second-order valence-electron chi connectivity index (χ2n) is 4.15. The summed E-state index contributed by atoms with van der Waals surface area (Å²) in [4.78, 5) is 15.6. The Morgan fingerprint density at radius 3 is 3.12 bits per heavy atom. The number of ether oxygens (including phenoxy) is 1. The van der Waals surface area contributed by atoms with Gasteiger partial charge in [0.15, 0.2) is 0 Å². The Morgan fingerprint density at radius 1 is 1.59 bits per heavy atom. The van der Waals surface area contributed by atoms with Gasteiger partial charge in [-0.3, -0.25) is 4.79 Å². The highest BCUT2D eigenvalue weighted by Gasteiger charge is 2.15. The molecule has 1 fully saturated rings. The summed E-state index contributed by atoms with van der Waals surface area (Å²) in [5.41, 5.74) is 5.98. The smallest absolute Gasteiger partial charge is 0.252 e. The maximum atomic E-state index is 11.7. The van der Waals surface area contributed by atoms with Gasteiger partial charge in [0.1, 0.15) is 5.82 Å². The number of hydrogen-bond acceptors (Lipinski definition) is 4. The van der Waals surface area contributed by atoms with Crippen molar-refractivity contribution >= 4 is 11.7 Å². The number of carbonyl (C=O) groups excluding carboxylic acids is 1. The van der Waals surface area contributed by atoms with Gasteiger partial charge in [-0.15, -0.1) is 0 Å². The summed E-state index contributed by atoms with van der Waals surface area (Å²) >= 11 is 0. The van der Waals surface area contributed by atoms with Gasteiger partial charge in [-0.25, -0.2) is 4.98 Å². The third-order valence-corrected chi connectivity index (χ3v) is 2.82. The van der Waals surface area contributed by atoms with E-state index in [1.165, 1.54) is 6.20 Å². The summed E-state index contributed by atoms with van der Waals surface area (Å²) in [6.45, 7) is 1.48. The summed E-state index contributed by atoms with van der Waals surface area (Å²) in [7, 11) is 0. The molecule has 1 aliphatic heterocycles. The third kappa shape index (κ3) is 3.42. The molecule has 1 amide bonds. The van der Waals surface area contributed by atoms with Gasteiger partial charge in [0.25, 0.3) is 5.91 Å². The number of aromatic nitrogens is 1. The summed E-state index contributed by atoms with van der Waals surface area (Å²) in [5.74, 6) is 0.302. The number of hydrogen-bond donors (Lipinski definition) is 2. The summed E-state index contributed by atoms with van der Waals surface area (Å²) in [6, 6.07) is 3.29. The van der Waals surface area contributed by atoms with Gasteiger partial charge in [-0.1, -0.05) is 0 Å². The maximum Gasteiger partial charge on any atom is 0.252 e. The lowest BCUT2D eigenvalue weighted by Crippen LogP contribution is -2.27. The molecule has 2 rings (SSSR count). The van der Waals surface area contributed by atoms with E-state index in [2.05, 4.69) is 10.3 Å². The fourth-order valence-electron chi connectivity index (χ4n) is 1.86. The summed E-state index contributed by atoms with van der Waals surface area (Å²) in [6.07, 6.45) is 4.88. The molecule has 1 saturated heterocycles. The number of nitrogens with zero attached hydrogens (tertiary/aromatic N) is 1. The van der Waals surface area contributed by atoms with Crippen molar-refractivity contribution in [2.24, 2.45) is 0 Å². The lowest BCUT2D eigenvalue weighted by atomic mass is 10.2. The average molecular weight is 235 g/mol. The van der Waals surface area contributed by atoms with Crippen LogP contribution in [0.2, 0.25) is 0 Å². The van der Waals surface area contributed by atoms with E-state index in [9.17, 15) is 4.79 Å². The molecule has 0 aromatic carbocycles. The number of nitrogens with two attached hydrogens (primary N) is 1. The first-order valence-electron chi connectivity index (χ1n) is 5.87. The molecule has 1 unspecified atom stereocenters. The Labute approximate surface area is 100 Å². The Bertz CT molecular complexity index is 372. The van der Waals surface area contributed by atoms with Gasteiger partial charge >= 0.3 is 0 Å². The molecule has 0 radical (unpaired) electrons. The van der Waals surface area contributed by atoms with Crippen LogP contribution >= 0.6 is 0 Å². The fraction of sp³-hybridized carbons (Fsp3) is 0.500. The number of carbonyl (C=O) groups is 1. The average Bonchev–Trinajstić information content (AvgIpc) is 2.83. The molecule has 1 aromatic heterocycles. The van der Waals surface area contributed by atoms with Crippen LogP contribution < -0.4 is 11.1 Å². The van der Waals surface area contributed by atoms with Crippen molar-refractivity contribution in [1.82, 2.24) is 10.3 Å². The van der Waals surface area contributed by atoms with E-state index in [4.69, 9.17) is 10.5 Å². The highest BCUT2D eigenvalue weighted by Crippen LogP contribution is 2.14. The van der Waals surface area contributed by atoms with Gasteiger partial charge < -0.3 is 15.8 Å². The largest absolute Gasteiger partial charge is 0.384 e. The quantitative estimate of drug-likeness (QED) is 0.815. The van der Waals surface area contributed by atoms with Gasteiger partial charge in [0.05, 0.1) is 11.7 Å². The normalized spacial score (nSPS) is 19.2. The predicted molar refractivity (Wildman–Crippen MR) is 64.6 cm³/mol. The molecule has 17 heavy (non-hydrogen) atoms. The van der Waals surface area contributed by atoms with E-state index in [0.29, 0.717) is 24.0 Å². The number of pyridine rings is 1. The van der Waals surface area contributed by atoms with Crippen LogP contribution in [0.4, 0.5) is 5.82 Å². The standard InChI is InChI=1S/C12H17N3O2/c13-11-4-3-9(8-15-11)12(16)14-6-5-10-2-1-7-17-10/h3-4,8,10H,1-2,5-7H2,(H2,13,15)(H,14,16). The van der Waals surface area contributed by atoms with Gasteiger partial charge in [0, 0.05) is 19.3 Å². The monoisotopic (exact) mass is 235 g/mol. The minimum absolute atomic E-state index is 0.115. The first kappa shape index (κ1) is 11.9. The number of anilines is 1. The molecule has 2 heterocycles. The Morgan fingerprint density at radius 2 is 2.47 bits per heavy atom. The second kappa shape index (κ2) is 5.63. The zero-order valence-electron chi connectivity index (χ0n) is 9.69. The highest BCUT2D eigenvalue weighted by molar-refractivity contribution is 5.93. The van der Waals surface area contributed by atoms with Crippen LogP contribution in [0.3, 0.4) is 0 Å². The molecule has 0 spiro atoms. The van der Waals surface area contributed by atoms with Crippen LogP contribution in [0, 0.1) is 0 Å². The van der Waals surface area contributed by atoms with Crippen molar-refractivity contribution in [1.29, 1.82) is 0 Å². The Hall–Kier alpha value is -1.62. The summed E-state index contributed by atoms with van der Waals surface area (Å²) in [5, 5.41) is 2.85. The summed E-state index contributed by atoms with van der Waals surface area (Å²) < 4.78 is 5.48. The Balaban J connectivity index is 1.75. The zero-order valence-corrected chi connectivity index (χ0v) is 9.69. The van der Waals surface area contributed by atoms with Crippen molar-refractivity contribution < 1.29 is 9.53 Å². The number of nitrogen functional groups attached to an aromatic ring is 1. The SMILES string of the molecule is Nc1ccc(C(=O)NCCC2CCCO2)cn1. The minimum atomic E-state index is -0.115. The number of rotatable bonds is 4. The lowest BCUT2D eigenvalue weighted by molar-refractivity contribution is 0.0907. The van der Waals surface area contributed by atoms with Crippen molar-refractivity contribution in [2.45, 2.75) is 25.4 Å². The highest BCUT2D eigenvalue weighted by atomic mass is 16.5.